The Kier molecular flexibility index (Phi) is 7.16. The summed E-state index contributed by atoms with van der Waals surface area (Å²) in [5, 5.41) is 14.8. The van der Waals surface area contributed by atoms with E-state index in [2.05, 4.69) is 18.9 Å². The molecule has 1 aromatic carbocycles. The van der Waals surface area contributed by atoms with Gasteiger partial charge in [-0.15, -0.1) is 0 Å². The number of Topliss-reactive ketones (excluding diaryl/α,β-unsaturated/α-hetero) is 1. The third kappa shape index (κ3) is 4.90. The number of ketones is 1. The van der Waals surface area contributed by atoms with E-state index in [0.29, 0.717) is 53.1 Å². The highest BCUT2D eigenvalue weighted by molar-refractivity contribution is 6.40. The molecule has 1 amide bonds. The van der Waals surface area contributed by atoms with Crippen molar-refractivity contribution >= 4 is 40.9 Å². The van der Waals surface area contributed by atoms with Crippen molar-refractivity contribution in [2.75, 3.05) is 6.54 Å². The number of halogens is 2. The Balaban J connectivity index is 1.40. The van der Waals surface area contributed by atoms with E-state index in [1.807, 2.05) is 18.5 Å². The lowest BCUT2D eigenvalue weighted by Crippen LogP contribution is -2.43. The number of amides is 1. The SMILES string of the molecule is Cc1cc(Cl)c(C(=O)CN(C(=O)c2cnn([C@H]3CC[C@](C)(C(=O)O)CC3)c2C)[C@@H]2C[C@@H]3[C@H](C2)C3(C)C)c(Cl)c1. The summed E-state index contributed by atoms with van der Waals surface area (Å²) < 4.78 is 1.87. The van der Waals surface area contributed by atoms with Crippen LogP contribution in [0.15, 0.2) is 18.3 Å². The van der Waals surface area contributed by atoms with E-state index in [4.69, 9.17) is 23.2 Å². The standard InChI is InChI=1S/C30H37Cl2N3O4/c1-16-10-23(31)26(24(32)11-16)25(36)15-34(19-12-21-22(13-19)29(21,3)4)27(37)20-14-33-35(17(20)2)18-6-8-30(5,9-7-18)28(38)39/h10-11,14,18-19,21-22H,6-9,12-13,15H2,1-5H3,(H,38,39)/t18-,19-,21-,22+,30-. The van der Waals surface area contributed by atoms with Crippen LogP contribution in [0.2, 0.25) is 10.0 Å². The van der Waals surface area contributed by atoms with E-state index < -0.39 is 11.4 Å². The summed E-state index contributed by atoms with van der Waals surface area (Å²) in [6.07, 6.45) is 5.85. The minimum Gasteiger partial charge on any atom is -0.481 e. The van der Waals surface area contributed by atoms with Crippen LogP contribution >= 0.6 is 23.2 Å². The maximum Gasteiger partial charge on any atom is 0.309 e. The van der Waals surface area contributed by atoms with E-state index in [-0.39, 0.29) is 41.3 Å². The Morgan fingerprint density at radius 3 is 2.15 bits per heavy atom. The molecule has 3 aliphatic rings. The van der Waals surface area contributed by atoms with Crippen LogP contribution in [0, 0.1) is 36.5 Å². The number of aliphatic carboxylic acids is 1. The Morgan fingerprint density at radius 2 is 1.62 bits per heavy atom. The summed E-state index contributed by atoms with van der Waals surface area (Å²) in [6.45, 7) is 9.99. The molecule has 0 bridgehead atoms. The van der Waals surface area contributed by atoms with Crippen LogP contribution < -0.4 is 0 Å². The van der Waals surface area contributed by atoms with Gasteiger partial charge in [0.1, 0.15) is 0 Å². The zero-order valence-electron chi connectivity index (χ0n) is 23.3. The lowest BCUT2D eigenvalue weighted by molar-refractivity contribution is -0.150. The smallest absolute Gasteiger partial charge is 0.309 e. The number of carbonyl (C=O) groups is 3. The normalized spacial score (nSPS) is 29.1. The number of fused-ring (bicyclic) bond motifs is 1. The maximum absolute atomic E-state index is 14.1. The second kappa shape index (κ2) is 9.91. The molecule has 1 heterocycles. The summed E-state index contributed by atoms with van der Waals surface area (Å²) in [4.78, 5) is 41.0. The molecule has 0 saturated heterocycles. The first-order valence-corrected chi connectivity index (χ1v) is 14.6. The van der Waals surface area contributed by atoms with Gasteiger partial charge in [-0.1, -0.05) is 37.0 Å². The van der Waals surface area contributed by atoms with Gasteiger partial charge in [0, 0.05) is 11.7 Å². The second-order valence-electron chi connectivity index (χ2n) is 12.8. The van der Waals surface area contributed by atoms with Gasteiger partial charge in [-0.3, -0.25) is 19.1 Å². The van der Waals surface area contributed by atoms with Crippen LogP contribution in [0.4, 0.5) is 0 Å². The van der Waals surface area contributed by atoms with Gasteiger partial charge < -0.3 is 10.0 Å². The van der Waals surface area contributed by atoms with Crippen LogP contribution in [0.1, 0.15) is 97.3 Å². The lowest BCUT2D eigenvalue weighted by Gasteiger charge is -2.34. The van der Waals surface area contributed by atoms with Crippen molar-refractivity contribution in [3.63, 3.8) is 0 Å². The van der Waals surface area contributed by atoms with Crippen LogP contribution in [-0.2, 0) is 4.79 Å². The number of aromatic nitrogens is 2. The molecule has 1 N–H and O–H groups in total. The van der Waals surface area contributed by atoms with Crippen LogP contribution in [0.25, 0.3) is 0 Å². The molecule has 1 aromatic heterocycles. The van der Waals surface area contributed by atoms with Gasteiger partial charge in [-0.05, 0) is 94.2 Å². The molecule has 3 atom stereocenters. The summed E-state index contributed by atoms with van der Waals surface area (Å²) in [5.41, 5.74) is 1.91. The zero-order valence-corrected chi connectivity index (χ0v) is 24.8. The van der Waals surface area contributed by atoms with E-state index in [9.17, 15) is 19.5 Å². The molecule has 210 valence electrons. The highest BCUT2D eigenvalue weighted by atomic mass is 35.5. The summed E-state index contributed by atoms with van der Waals surface area (Å²) in [5.74, 6) is -0.144. The Labute approximate surface area is 239 Å². The lowest BCUT2D eigenvalue weighted by atomic mass is 9.74. The van der Waals surface area contributed by atoms with Crippen molar-refractivity contribution in [1.29, 1.82) is 0 Å². The number of carboxylic acids is 1. The predicted molar refractivity (Wildman–Crippen MR) is 151 cm³/mol. The van der Waals surface area contributed by atoms with E-state index in [1.165, 1.54) is 0 Å². The number of nitrogens with zero attached hydrogens (tertiary/aromatic N) is 3. The largest absolute Gasteiger partial charge is 0.481 e. The number of carbonyl (C=O) groups excluding carboxylic acids is 2. The first kappa shape index (κ1) is 28.2. The van der Waals surface area contributed by atoms with Gasteiger partial charge in [0.25, 0.3) is 5.91 Å². The van der Waals surface area contributed by atoms with Crippen molar-refractivity contribution in [1.82, 2.24) is 14.7 Å². The topological polar surface area (TPSA) is 92.5 Å². The Hall–Kier alpha value is -2.38. The van der Waals surface area contributed by atoms with Gasteiger partial charge in [-0.2, -0.15) is 5.10 Å². The van der Waals surface area contributed by atoms with E-state index >= 15 is 0 Å². The highest BCUT2D eigenvalue weighted by Crippen LogP contribution is 2.67. The van der Waals surface area contributed by atoms with E-state index in [1.54, 1.807) is 30.2 Å². The molecular weight excluding hydrogens is 537 g/mol. The van der Waals surface area contributed by atoms with Gasteiger partial charge in [0.2, 0.25) is 0 Å². The number of aryl methyl sites for hydroxylation is 1. The van der Waals surface area contributed by atoms with Gasteiger partial charge in [-0.25, -0.2) is 0 Å². The molecular formula is C30H37Cl2N3O4. The first-order chi connectivity index (χ1) is 18.2. The van der Waals surface area contributed by atoms with Crippen LogP contribution in [-0.4, -0.2) is 50.0 Å². The van der Waals surface area contributed by atoms with Gasteiger partial charge in [0.05, 0.1) is 45.4 Å². The number of benzene rings is 1. The van der Waals surface area contributed by atoms with Crippen molar-refractivity contribution in [3.05, 3.63) is 50.8 Å². The van der Waals surface area contributed by atoms with Gasteiger partial charge >= 0.3 is 5.97 Å². The number of hydrogen-bond donors (Lipinski definition) is 1. The molecule has 0 aliphatic heterocycles. The van der Waals surface area contributed by atoms with Crippen molar-refractivity contribution in [3.8, 4) is 0 Å². The third-order valence-corrected chi connectivity index (χ3v) is 10.6. The molecule has 39 heavy (non-hydrogen) atoms. The van der Waals surface area contributed by atoms with E-state index in [0.717, 1.165) is 24.1 Å². The fourth-order valence-corrected chi connectivity index (χ4v) is 7.96. The van der Waals surface area contributed by atoms with Crippen molar-refractivity contribution in [2.24, 2.45) is 22.7 Å². The number of carboxylic acid groups (broad SMARTS) is 1. The first-order valence-electron chi connectivity index (χ1n) is 13.8. The predicted octanol–water partition coefficient (Wildman–Crippen LogP) is 6.77. The Bertz CT molecular complexity index is 1300. The monoisotopic (exact) mass is 573 g/mol. The molecule has 3 aliphatic carbocycles. The molecule has 3 fully saturated rings. The van der Waals surface area contributed by atoms with Crippen LogP contribution in [0.3, 0.4) is 0 Å². The summed E-state index contributed by atoms with van der Waals surface area (Å²) in [7, 11) is 0. The fraction of sp³-hybridized carbons (Fsp3) is 0.600. The molecule has 0 radical (unpaired) electrons. The summed E-state index contributed by atoms with van der Waals surface area (Å²) >= 11 is 12.9. The highest BCUT2D eigenvalue weighted by Gasteiger charge is 2.63. The average molecular weight is 575 g/mol. The van der Waals surface area contributed by atoms with Crippen molar-refractivity contribution in [2.45, 2.75) is 85.2 Å². The Morgan fingerprint density at radius 1 is 1.05 bits per heavy atom. The zero-order chi connectivity index (χ0) is 28.4. The third-order valence-electron chi connectivity index (χ3n) is 10.0. The average Bonchev–Trinajstić information content (AvgIpc) is 3.23. The second-order valence-corrected chi connectivity index (χ2v) is 13.6. The molecule has 0 unspecified atom stereocenters. The molecule has 2 aromatic rings. The van der Waals surface area contributed by atoms with Crippen LogP contribution in [0.5, 0.6) is 0 Å². The molecule has 0 spiro atoms. The summed E-state index contributed by atoms with van der Waals surface area (Å²) in [6, 6.07) is 3.43. The molecule has 7 nitrogen and oxygen atoms in total. The fourth-order valence-electron chi connectivity index (χ4n) is 7.15. The van der Waals surface area contributed by atoms with Crippen molar-refractivity contribution < 1.29 is 19.5 Å². The number of hydrogen-bond acceptors (Lipinski definition) is 4. The van der Waals surface area contributed by atoms with Gasteiger partial charge in [0.15, 0.2) is 5.78 Å². The molecule has 3 saturated carbocycles. The minimum atomic E-state index is -0.763. The maximum atomic E-state index is 14.1. The molecule has 5 rings (SSSR count). The quantitative estimate of drug-likeness (QED) is 0.369. The minimum absolute atomic E-state index is 0.0406. The molecule has 9 heteroatoms. The number of rotatable bonds is 7.